The molecule has 0 radical (unpaired) electrons. The Morgan fingerprint density at radius 3 is 2.48 bits per heavy atom. The Labute approximate surface area is 138 Å². The standard InChI is InChI=1S/C20H23NO2/c1-20(2)14-23-19(21-20)17-10-7-11-18(22-3)16(17)13-12-15-8-5-4-6-9-15/h4-11H,12-14H2,1-3H3. The van der Waals surface area contributed by atoms with Gasteiger partial charge in [0.15, 0.2) is 0 Å². The SMILES string of the molecule is COc1cccc(C2=NC(C)(C)CO2)c1CCc1ccccc1. The van der Waals surface area contributed by atoms with Gasteiger partial charge in [-0.15, -0.1) is 0 Å². The molecule has 1 aliphatic heterocycles. The van der Waals surface area contributed by atoms with Gasteiger partial charge in [-0.3, -0.25) is 0 Å². The highest BCUT2D eigenvalue weighted by Gasteiger charge is 2.28. The minimum absolute atomic E-state index is 0.158. The summed E-state index contributed by atoms with van der Waals surface area (Å²) in [6, 6.07) is 16.6. The normalized spacial score (nSPS) is 15.9. The van der Waals surface area contributed by atoms with Crippen LogP contribution in [0.15, 0.2) is 53.5 Å². The first kappa shape index (κ1) is 15.6. The van der Waals surface area contributed by atoms with Gasteiger partial charge in [-0.2, -0.15) is 0 Å². The lowest BCUT2D eigenvalue weighted by atomic mass is 9.98. The summed E-state index contributed by atoms with van der Waals surface area (Å²) in [6.45, 7) is 4.80. The summed E-state index contributed by atoms with van der Waals surface area (Å²) in [6.07, 6.45) is 1.86. The van der Waals surface area contributed by atoms with Gasteiger partial charge in [0.25, 0.3) is 0 Å². The number of ether oxygens (including phenoxy) is 2. The molecule has 0 atom stereocenters. The van der Waals surface area contributed by atoms with E-state index in [4.69, 9.17) is 14.5 Å². The molecule has 3 heteroatoms. The fourth-order valence-electron chi connectivity index (χ4n) is 2.85. The topological polar surface area (TPSA) is 30.8 Å². The lowest BCUT2D eigenvalue weighted by molar-refractivity contribution is 0.279. The molecule has 0 spiro atoms. The first-order valence-corrected chi connectivity index (χ1v) is 8.02. The van der Waals surface area contributed by atoms with E-state index in [0.717, 1.165) is 35.6 Å². The summed E-state index contributed by atoms with van der Waals surface area (Å²) in [7, 11) is 1.71. The molecule has 0 saturated heterocycles. The Morgan fingerprint density at radius 1 is 1.04 bits per heavy atom. The zero-order valence-electron chi connectivity index (χ0n) is 14.0. The van der Waals surface area contributed by atoms with E-state index in [1.54, 1.807) is 7.11 Å². The highest BCUT2D eigenvalue weighted by molar-refractivity contribution is 5.97. The third-order valence-corrected chi connectivity index (χ3v) is 4.06. The molecule has 0 aliphatic carbocycles. The number of aryl methyl sites for hydroxylation is 1. The molecule has 3 rings (SSSR count). The van der Waals surface area contributed by atoms with Gasteiger partial charge in [0.05, 0.1) is 12.6 Å². The van der Waals surface area contributed by atoms with E-state index in [2.05, 4.69) is 44.2 Å². The Kier molecular flexibility index (Phi) is 4.37. The van der Waals surface area contributed by atoms with Crippen LogP contribution in [0.25, 0.3) is 0 Å². The maximum Gasteiger partial charge on any atom is 0.217 e. The summed E-state index contributed by atoms with van der Waals surface area (Å²) in [5.74, 6) is 1.63. The maximum atomic E-state index is 5.84. The summed E-state index contributed by atoms with van der Waals surface area (Å²) >= 11 is 0. The molecule has 23 heavy (non-hydrogen) atoms. The quantitative estimate of drug-likeness (QED) is 0.834. The van der Waals surface area contributed by atoms with Crippen LogP contribution in [0.1, 0.15) is 30.5 Å². The minimum atomic E-state index is -0.158. The van der Waals surface area contributed by atoms with Crippen LogP contribution in [0.2, 0.25) is 0 Å². The second-order valence-corrected chi connectivity index (χ2v) is 6.49. The predicted octanol–water partition coefficient (Wildman–Crippen LogP) is 4.04. The monoisotopic (exact) mass is 309 g/mol. The molecule has 120 valence electrons. The molecule has 1 heterocycles. The third-order valence-electron chi connectivity index (χ3n) is 4.06. The van der Waals surface area contributed by atoms with E-state index in [0.29, 0.717) is 6.61 Å². The van der Waals surface area contributed by atoms with E-state index in [-0.39, 0.29) is 5.54 Å². The fourth-order valence-corrected chi connectivity index (χ4v) is 2.85. The zero-order chi connectivity index (χ0) is 16.3. The van der Waals surface area contributed by atoms with Crippen molar-refractivity contribution in [3.05, 3.63) is 65.2 Å². The number of methoxy groups -OCH3 is 1. The van der Waals surface area contributed by atoms with Gasteiger partial charge >= 0.3 is 0 Å². The summed E-state index contributed by atoms with van der Waals surface area (Å²) in [5.41, 5.74) is 3.37. The first-order chi connectivity index (χ1) is 11.1. The van der Waals surface area contributed by atoms with Gasteiger partial charge in [-0.25, -0.2) is 4.99 Å². The summed E-state index contributed by atoms with van der Waals surface area (Å²) in [5, 5.41) is 0. The van der Waals surface area contributed by atoms with Crippen LogP contribution in [0, 0.1) is 0 Å². The lowest BCUT2D eigenvalue weighted by Gasteiger charge is -2.14. The Hall–Kier alpha value is -2.29. The molecule has 0 aromatic heterocycles. The molecule has 0 unspecified atom stereocenters. The Balaban J connectivity index is 1.91. The van der Waals surface area contributed by atoms with Crippen LogP contribution in [-0.2, 0) is 17.6 Å². The highest BCUT2D eigenvalue weighted by Crippen LogP contribution is 2.28. The average molecular weight is 309 g/mol. The largest absolute Gasteiger partial charge is 0.496 e. The molecular weight excluding hydrogens is 286 g/mol. The fraction of sp³-hybridized carbons (Fsp3) is 0.350. The molecular formula is C20H23NO2. The van der Waals surface area contributed by atoms with Crippen molar-refractivity contribution in [2.75, 3.05) is 13.7 Å². The second-order valence-electron chi connectivity index (χ2n) is 6.49. The van der Waals surface area contributed by atoms with Crippen molar-refractivity contribution in [2.24, 2.45) is 4.99 Å². The molecule has 1 aliphatic rings. The van der Waals surface area contributed by atoms with E-state index < -0.39 is 0 Å². The maximum absolute atomic E-state index is 5.84. The number of hydrogen-bond donors (Lipinski definition) is 0. The molecule has 0 saturated carbocycles. The van der Waals surface area contributed by atoms with Crippen LogP contribution in [-0.4, -0.2) is 25.2 Å². The molecule has 0 amide bonds. The molecule has 0 N–H and O–H groups in total. The molecule has 3 nitrogen and oxygen atoms in total. The molecule has 2 aromatic rings. The van der Waals surface area contributed by atoms with E-state index in [1.807, 2.05) is 18.2 Å². The molecule has 2 aromatic carbocycles. The van der Waals surface area contributed by atoms with Crippen LogP contribution >= 0.6 is 0 Å². The second kappa shape index (κ2) is 6.45. The van der Waals surface area contributed by atoms with Crippen molar-refractivity contribution in [3.8, 4) is 5.75 Å². The zero-order valence-corrected chi connectivity index (χ0v) is 14.0. The van der Waals surface area contributed by atoms with Crippen LogP contribution in [0.5, 0.6) is 5.75 Å². The van der Waals surface area contributed by atoms with Crippen molar-refractivity contribution >= 4 is 5.90 Å². The van der Waals surface area contributed by atoms with Gasteiger partial charge in [0, 0.05) is 11.1 Å². The number of benzene rings is 2. The van der Waals surface area contributed by atoms with Gasteiger partial charge in [0.1, 0.15) is 12.4 Å². The van der Waals surface area contributed by atoms with Crippen molar-refractivity contribution in [3.63, 3.8) is 0 Å². The summed E-state index contributed by atoms with van der Waals surface area (Å²) < 4.78 is 11.4. The number of rotatable bonds is 5. The van der Waals surface area contributed by atoms with E-state index in [1.165, 1.54) is 5.56 Å². The van der Waals surface area contributed by atoms with Gasteiger partial charge in [-0.1, -0.05) is 36.4 Å². The van der Waals surface area contributed by atoms with Gasteiger partial charge in [0.2, 0.25) is 5.90 Å². The van der Waals surface area contributed by atoms with Crippen molar-refractivity contribution in [2.45, 2.75) is 32.2 Å². The van der Waals surface area contributed by atoms with Crippen molar-refractivity contribution in [1.82, 2.24) is 0 Å². The minimum Gasteiger partial charge on any atom is -0.496 e. The lowest BCUT2D eigenvalue weighted by Crippen LogP contribution is -2.17. The summed E-state index contributed by atoms with van der Waals surface area (Å²) in [4.78, 5) is 4.72. The smallest absolute Gasteiger partial charge is 0.217 e. The average Bonchev–Trinajstić information content (AvgIpc) is 2.93. The number of hydrogen-bond acceptors (Lipinski definition) is 3. The van der Waals surface area contributed by atoms with Crippen LogP contribution < -0.4 is 4.74 Å². The van der Waals surface area contributed by atoms with Gasteiger partial charge in [-0.05, 0) is 44.4 Å². The Bertz CT molecular complexity index is 705. The number of nitrogens with zero attached hydrogens (tertiary/aromatic N) is 1. The molecule has 0 bridgehead atoms. The third kappa shape index (κ3) is 3.55. The molecule has 0 fully saturated rings. The Morgan fingerprint density at radius 2 is 1.83 bits per heavy atom. The van der Waals surface area contributed by atoms with Gasteiger partial charge < -0.3 is 9.47 Å². The highest BCUT2D eigenvalue weighted by atomic mass is 16.5. The van der Waals surface area contributed by atoms with Crippen LogP contribution in [0.4, 0.5) is 0 Å². The van der Waals surface area contributed by atoms with E-state index in [9.17, 15) is 0 Å². The first-order valence-electron chi connectivity index (χ1n) is 8.02. The predicted molar refractivity (Wildman–Crippen MR) is 93.4 cm³/mol. The van der Waals surface area contributed by atoms with Crippen molar-refractivity contribution in [1.29, 1.82) is 0 Å². The van der Waals surface area contributed by atoms with Crippen molar-refractivity contribution < 1.29 is 9.47 Å². The van der Waals surface area contributed by atoms with E-state index >= 15 is 0 Å². The number of aliphatic imine (C=N–C) groups is 1. The van der Waals surface area contributed by atoms with Crippen LogP contribution in [0.3, 0.4) is 0 Å².